The molecule has 1 aromatic rings. The monoisotopic (exact) mass is 236 g/mol. The molecule has 0 aliphatic rings. The maximum Gasteiger partial charge on any atom is 0.307 e. The summed E-state index contributed by atoms with van der Waals surface area (Å²) < 4.78 is 12.7. The first-order valence-electron chi connectivity index (χ1n) is 5.75. The third-order valence-electron chi connectivity index (χ3n) is 2.57. The van der Waals surface area contributed by atoms with Gasteiger partial charge < -0.3 is 5.11 Å². The Morgan fingerprint density at radius 2 is 2.00 bits per heavy atom. The molecule has 0 heterocycles. The number of carboxylic acids is 1. The molecule has 0 amide bonds. The maximum absolute atomic E-state index is 12.7. The minimum Gasteiger partial charge on any atom is -0.481 e. The molecule has 0 spiro atoms. The van der Waals surface area contributed by atoms with Gasteiger partial charge in [0.25, 0.3) is 0 Å². The van der Waals surface area contributed by atoms with Gasteiger partial charge in [0.15, 0.2) is 0 Å². The maximum atomic E-state index is 12.7. The highest BCUT2D eigenvalue weighted by Crippen LogP contribution is 2.14. The number of carbonyl (C=O) groups is 1. The van der Waals surface area contributed by atoms with E-state index in [4.69, 9.17) is 5.11 Å². The predicted octanol–water partition coefficient (Wildman–Crippen LogP) is 3.43. The van der Waals surface area contributed by atoms with Crippen molar-refractivity contribution in [1.82, 2.24) is 0 Å². The normalized spacial score (nSPS) is 12.8. The second-order valence-electron chi connectivity index (χ2n) is 3.98. The fraction of sp³-hybridized carbons (Fsp3) is 0.357. The molecule has 0 bridgehead atoms. The molecule has 1 N–H and O–H groups in total. The van der Waals surface area contributed by atoms with E-state index in [1.807, 2.05) is 19.1 Å². The minimum atomic E-state index is -0.810. The van der Waals surface area contributed by atoms with E-state index in [1.165, 1.54) is 12.1 Å². The van der Waals surface area contributed by atoms with Crippen molar-refractivity contribution in [2.45, 2.75) is 26.2 Å². The Morgan fingerprint density at radius 3 is 2.53 bits per heavy atom. The Bertz CT molecular complexity index is 382. The van der Waals surface area contributed by atoms with Gasteiger partial charge in [0.05, 0.1) is 5.92 Å². The Hall–Kier alpha value is -1.64. The Labute approximate surface area is 101 Å². The molecule has 2 nitrogen and oxygen atoms in total. The summed E-state index contributed by atoms with van der Waals surface area (Å²) in [5, 5.41) is 9.08. The van der Waals surface area contributed by atoms with Crippen LogP contribution in [-0.2, 0) is 11.2 Å². The predicted molar refractivity (Wildman–Crippen MR) is 65.3 cm³/mol. The Kier molecular flexibility index (Phi) is 5.40. The van der Waals surface area contributed by atoms with Crippen LogP contribution in [0.15, 0.2) is 36.4 Å². The summed E-state index contributed by atoms with van der Waals surface area (Å²) in [7, 11) is 0. The molecule has 0 fully saturated rings. The second-order valence-corrected chi connectivity index (χ2v) is 3.98. The minimum absolute atomic E-state index is 0.300. The molecule has 0 saturated heterocycles. The number of hydrogen-bond donors (Lipinski definition) is 1. The van der Waals surface area contributed by atoms with E-state index in [0.29, 0.717) is 12.8 Å². The van der Waals surface area contributed by atoms with E-state index in [9.17, 15) is 9.18 Å². The lowest BCUT2D eigenvalue weighted by Gasteiger charge is -2.09. The van der Waals surface area contributed by atoms with Gasteiger partial charge in [-0.3, -0.25) is 4.79 Å². The first kappa shape index (κ1) is 13.4. The van der Waals surface area contributed by atoms with E-state index in [-0.39, 0.29) is 5.82 Å². The zero-order chi connectivity index (χ0) is 12.7. The van der Waals surface area contributed by atoms with Crippen LogP contribution in [0.2, 0.25) is 0 Å². The molecule has 1 unspecified atom stereocenters. The number of benzene rings is 1. The lowest BCUT2D eigenvalue weighted by atomic mass is 9.96. The number of hydrogen-bond acceptors (Lipinski definition) is 1. The molecule has 1 rings (SSSR count). The third kappa shape index (κ3) is 4.81. The molecular weight excluding hydrogens is 219 g/mol. The summed E-state index contributed by atoms with van der Waals surface area (Å²) in [5.41, 5.74) is 0.851. The summed E-state index contributed by atoms with van der Waals surface area (Å²) in [6.07, 6.45) is 5.70. The molecule has 0 saturated carbocycles. The smallest absolute Gasteiger partial charge is 0.307 e. The highest BCUT2D eigenvalue weighted by atomic mass is 19.1. The van der Waals surface area contributed by atoms with Gasteiger partial charge in [0.2, 0.25) is 0 Å². The van der Waals surface area contributed by atoms with Crippen LogP contribution in [0.25, 0.3) is 0 Å². The van der Waals surface area contributed by atoms with Crippen molar-refractivity contribution in [2.75, 3.05) is 0 Å². The molecule has 92 valence electrons. The van der Waals surface area contributed by atoms with Crippen molar-refractivity contribution < 1.29 is 14.3 Å². The zero-order valence-electron chi connectivity index (χ0n) is 9.90. The first-order chi connectivity index (χ1) is 8.13. The van der Waals surface area contributed by atoms with E-state index in [0.717, 1.165) is 12.0 Å². The van der Waals surface area contributed by atoms with Gasteiger partial charge in [0, 0.05) is 0 Å². The van der Waals surface area contributed by atoms with Gasteiger partial charge in [-0.2, -0.15) is 0 Å². The lowest BCUT2D eigenvalue weighted by Crippen LogP contribution is -2.15. The fourth-order valence-corrected chi connectivity index (χ4v) is 1.60. The number of rotatable bonds is 6. The third-order valence-corrected chi connectivity index (χ3v) is 2.57. The van der Waals surface area contributed by atoms with Crippen molar-refractivity contribution in [1.29, 1.82) is 0 Å². The van der Waals surface area contributed by atoms with Crippen LogP contribution >= 0.6 is 0 Å². The van der Waals surface area contributed by atoms with Crippen LogP contribution in [0, 0.1) is 11.7 Å². The van der Waals surface area contributed by atoms with Crippen molar-refractivity contribution in [2.24, 2.45) is 5.92 Å². The first-order valence-corrected chi connectivity index (χ1v) is 5.75. The summed E-state index contributed by atoms with van der Waals surface area (Å²) in [4.78, 5) is 11.1. The van der Waals surface area contributed by atoms with Crippen LogP contribution in [-0.4, -0.2) is 11.1 Å². The fourth-order valence-electron chi connectivity index (χ4n) is 1.60. The van der Waals surface area contributed by atoms with Crippen LogP contribution in [0.5, 0.6) is 0 Å². The molecule has 0 aliphatic heterocycles. The summed E-state index contributed by atoms with van der Waals surface area (Å²) in [6, 6.07) is 5.98. The van der Waals surface area contributed by atoms with Gasteiger partial charge in [0.1, 0.15) is 5.82 Å². The quantitative estimate of drug-likeness (QED) is 0.768. The molecule has 0 aliphatic carbocycles. The van der Waals surface area contributed by atoms with Crippen LogP contribution in [0.1, 0.15) is 25.3 Å². The lowest BCUT2D eigenvalue weighted by molar-refractivity contribution is -0.141. The Balaban J connectivity index is 2.63. The van der Waals surface area contributed by atoms with Gasteiger partial charge >= 0.3 is 5.97 Å². The summed E-state index contributed by atoms with van der Waals surface area (Å²) >= 11 is 0. The largest absolute Gasteiger partial charge is 0.481 e. The molecule has 17 heavy (non-hydrogen) atoms. The zero-order valence-corrected chi connectivity index (χ0v) is 9.90. The SMILES string of the molecule is CCC=CCC(Cc1ccc(F)cc1)C(=O)O. The second kappa shape index (κ2) is 6.84. The molecule has 1 atom stereocenters. The number of halogens is 1. The average Bonchev–Trinajstić information content (AvgIpc) is 2.30. The average molecular weight is 236 g/mol. The van der Waals surface area contributed by atoms with Gasteiger partial charge in [-0.05, 0) is 37.0 Å². The van der Waals surface area contributed by atoms with E-state index in [2.05, 4.69) is 0 Å². The van der Waals surface area contributed by atoms with Gasteiger partial charge in [-0.25, -0.2) is 4.39 Å². The number of aliphatic carboxylic acids is 1. The van der Waals surface area contributed by atoms with E-state index in [1.54, 1.807) is 12.1 Å². The van der Waals surface area contributed by atoms with Crippen molar-refractivity contribution in [3.8, 4) is 0 Å². The van der Waals surface area contributed by atoms with E-state index >= 15 is 0 Å². The number of allylic oxidation sites excluding steroid dienone is 2. The van der Waals surface area contributed by atoms with Crippen LogP contribution in [0.4, 0.5) is 4.39 Å². The van der Waals surface area contributed by atoms with Crippen LogP contribution in [0.3, 0.4) is 0 Å². The summed E-state index contributed by atoms with van der Waals surface area (Å²) in [6.45, 7) is 2.01. The molecular formula is C14H17FO2. The molecule has 1 aromatic carbocycles. The number of carboxylic acid groups (broad SMARTS) is 1. The van der Waals surface area contributed by atoms with E-state index < -0.39 is 11.9 Å². The van der Waals surface area contributed by atoms with Gasteiger partial charge in [-0.1, -0.05) is 31.2 Å². The Morgan fingerprint density at radius 1 is 1.35 bits per heavy atom. The standard InChI is InChI=1S/C14H17FO2/c1-2-3-4-5-12(14(16)17)10-11-6-8-13(15)9-7-11/h3-4,6-9,12H,2,5,10H2,1H3,(H,16,17). The van der Waals surface area contributed by atoms with Crippen LogP contribution < -0.4 is 0 Å². The van der Waals surface area contributed by atoms with Crippen molar-refractivity contribution in [3.05, 3.63) is 47.8 Å². The van der Waals surface area contributed by atoms with Gasteiger partial charge in [-0.15, -0.1) is 0 Å². The molecule has 3 heteroatoms. The highest BCUT2D eigenvalue weighted by Gasteiger charge is 2.16. The van der Waals surface area contributed by atoms with Crippen molar-refractivity contribution >= 4 is 5.97 Å². The topological polar surface area (TPSA) is 37.3 Å². The highest BCUT2D eigenvalue weighted by molar-refractivity contribution is 5.70. The molecule has 0 aromatic heterocycles. The summed E-state index contributed by atoms with van der Waals surface area (Å²) in [5.74, 6) is -1.55. The van der Waals surface area contributed by atoms with Crippen molar-refractivity contribution in [3.63, 3.8) is 0 Å². The molecule has 0 radical (unpaired) electrons.